The first-order chi connectivity index (χ1) is 9.23. The van der Waals surface area contributed by atoms with Crippen molar-refractivity contribution in [3.8, 4) is 6.07 Å². The molecule has 0 aromatic carbocycles. The first kappa shape index (κ1) is 14.3. The Balaban J connectivity index is 2.14. The number of nitrogens with zero attached hydrogens (tertiary/aromatic N) is 2. The average Bonchev–Trinajstić information content (AvgIpc) is 2.61. The van der Waals surface area contributed by atoms with E-state index in [0.29, 0.717) is 19.4 Å². The second-order valence-electron chi connectivity index (χ2n) is 5.92. The predicted molar refractivity (Wildman–Crippen MR) is 72.2 cm³/mol. The smallest absolute Gasteiger partial charge is 0.243 e. The number of amides is 1. The Morgan fingerprint density at radius 2 is 1.84 bits per heavy atom. The third-order valence-corrected chi connectivity index (χ3v) is 4.70. The van der Waals surface area contributed by atoms with Crippen LogP contribution < -0.4 is 0 Å². The van der Waals surface area contributed by atoms with Crippen molar-refractivity contribution in [2.75, 3.05) is 13.2 Å². The first-order valence-electron chi connectivity index (χ1n) is 7.57. The Bertz CT molecular complexity index is 350. The molecule has 106 valence electrons. The van der Waals surface area contributed by atoms with Gasteiger partial charge in [-0.05, 0) is 32.1 Å². The third-order valence-electron chi connectivity index (χ3n) is 4.70. The summed E-state index contributed by atoms with van der Waals surface area (Å²) in [6.45, 7) is 0.372. The molecule has 2 rings (SSSR count). The van der Waals surface area contributed by atoms with E-state index in [1.54, 1.807) is 4.90 Å². The number of carbonyl (C=O) groups is 1. The highest BCUT2D eigenvalue weighted by atomic mass is 16.3. The predicted octanol–water partition coefficient (Wildman–Crippen LogP) is 2.22. The van der Waals surface area contributed by atoms with Crippen molar-refractivity contribution in [3.05, 3.63) is 0 Å². The number of hydrogen-bond acceptors (Lipinski definition) is 3. The number of hydrogen-bond donors (Lipinski definition) is 1. The van der Waals surface area contributed by atoms with Crippen molar-refractivity contribution >= 4 is 5.91 Å². The minimum atomic E-state index is -0.818. The lowest BCUT2D eigenvalue weighted by molar-refractivity contribution is -0.144. The standard InChI is InChI=1S/C15H24N2O2/c16-12-15(8-3-1-2-4-9-15)14(19)17(10-11-18)13-6-5-7-13/h13,18H,1-11H2. The Labute approximate surface area is 115 Å². The molecule has 4 nitrogen and oxygen atoms in total. The number of rotatable bonds is 4. The van der Waals surface area contributed by atoms with Crippen LogP contribution in [-0.4, -0.2) is 35.1 Å². The van der Waals surface area contributed by atoms with Gasteiger partial charge in [0.25, 0.3) is 0 Å². The van der Waals surface area contributed by atoms with E-state index in [4.69, 9.17) is 0 Å². The molecule has 0 aliphatic heterocycles. The summed E-state index contributed by atoms with van der Waals surface area (Å²) in [6.07, 6.45) is 8.77. The van der Waals surface area contributed by atoms with Gasteiger partial charge in [0, 0.05) is 12.6 Å². The summed E-state index contributed by atoms with van der Waals surface area (Å²) in [5, 5.41) is 18.8. The molecule has 1 amide bonds. The Morgan fingerprint density at radius 3 is 2.26 bits per heavy atom. The summed E-state index contributed by atoms with van der Waals surface area (Å²) >= 11 is 0. The van der Waals surface area contributed by atoms with E-state index < -0.39 is 5.41 Å². The lowest BCUT2D eigenvalue weighted by atomic mass is 9.79. The van der Waals surface area contributed by atoms with Crippen LogP contribution in [0.15, 0.2) is 0 Å². The van der Waals surface area contributed by atoms with Crippen LogP contribution in [0.5, 0.6) is 0 Å². The van der Waals surface area contributed by atoms with Crippen LogP contribution >= 0.6 is 0 Å². The molecule has 4 heteroatoms. The van der Waals surface area contributed by atoms with E-state index in [1.165, 1.54) is 0 Å². The summed E-state index contributed by atoms with van der Waals surface area (Å²) in [4.78, 5) is 14.6. The fourth-order valence-electron chi connectivity index (χ4n) is 3.24. The molecular formula is C15H24N2O2. The van der Waals surface area contributed by atoms with Crippen molar-refractivity contribution in [2.24, 2.45) is 5.41 Å². The first-order valence-corrected chi connectivity index (χ1v) is 7.57. The summed E-state index contributed by atoms with van der Waals surface area (Å²) in [7, 11) is 0. The molecular weight excluding hydrogens is 240 g/mol. The van der Waals surface area contributed by atoms with E-state index in [2.05, 4.69) is 6.07 Å². The Hall–Kier alpha value is -1.08. The molecule has 0 aromatic heterocycles. The van der Waals surface area contributed by atoms with Crippen LogP contribution in [0, 0.1) is 16.7 Å². The van der Waals surface area contributed by atoms with Gasteiger partial charge in [0.1, 0.15) is 5.41 Å². The third kappa shape index (κ3) is 2.92. The van der Waals surface area contributed by atoms with Gasteiger partial charge in [-0.3, -0.25) is 4.79 Å². The molecule has 0 aromatic rings. The van der Waals surface area contributed by atoms with Gasteiger partial charge in [-0.1, -0.05) is 25.7 Å². The maximum atomic E-state index is 12.8. The van der Waals surface area contributed by atoms with Crippen molar-refractivity contribution in [3.63, 3.8) is 0 Å². The van der Waals surface area contributed by atoms with Crippen LogP contribution in [0.3, 0.4) is 0 Å². The highest BCUT2D eigenvalue weighted by molar-refractivity contribution is 5.86. The van der Waals surface area contributed by atoms with Gasteiger partial charge in [-0.2, -0.15) is 5.26 Å². The molecule has 2 fully saturated rings. The number of aliphatic hydroxyl groups excluding tert-OH is 1. The molecule has 0 spiro atoms. The highest BCUT2D eigenvalue weighted by Crippen LogP contribution is 2.38. The van der Waals surface area contributed by atoms with Gasteiger partial charge in [0.15, 0.2) is 0 Å². The van der Waals surface area contributed by atoms with E-state index in [9.17, 15) is 15.2 Å². The fraction of sp³-hybridized carbons (Fsp3) is 0.867. The lowest BCUT2D eigenvalue weighted by Crippen LogP contribution is -2.51. The number of carbonyl (C=O) groups excluding carboxylic acids is 1. The van der Waals surface area contributed by atoms with Crippen LogP contribution in [0.4, 0.5) is 0 Å². The van der Waals surface area contributed by atoms with Gasteiger partial charge in [-0.15, -0.1) is 0 Å². The van der Waals surface area contributed by atoms with E-state index in [1.807, 2.05) is 0 Å². The normalized spacial score (nSPS) is 22.9. The maximum Gasteiger partial charge on any atom is 0.243 e. The van der Waals surface area contributed by atoms with Gasteiger partial charge in [0.2, 0.25) is 5.91 Å². The summed E-state index contributed by atoms with van der Waals surface area (Å²) in [5.41, 5.74) is -0.818. The monoisotopic (exact) mass is 264 g/mol. The Morgan fingerprint density at radius 1 is 1.21 bits per heavy atom. The van der Waals surface area contributed by atoms with Gasteiger partial charge in [0.05, 0.1) is 12.7 Å². The van der Waals surface area contributed by atoms with Crippen LogP contribution in [0.2, 0.25) is 0 Å². The zero-order valence-corrected chi connectivity index (χ0v) is 11.6. The molecule has 2 saturated carbocycles. The Kier molecular flexibility index (Phi) is 4.81. The molecule has 0 atom stereocenters. The fourth-order valence-corrected chi connectivity index (χ4v) is 3.24. The van der Waals surface area contributed by atoms with Crippen LogP contribution in [0.1, 0.15) is 57.8 Å². The SMILES string of the molecule is N#CC1(C(=O)N(CCO)C2CCC2)CCCCCC1. The molecule has 0 unspecified atom stereocenters. The molecule has 2 aliphatic carbocycles. The van der Waals surface area contributed by atoms with Crippen molar-refractivity contribution in [1.29, 1.82) is 5.26 Å². The topological polar surface area (TPSA) is 64.3 Å². The molecule has 0 radical (unpaired) electrons. The van der Waals surface area contributed by atoms with Gasteiger partial charge >= 0.3 is 0 Å². The zero-order chi connectivity index (χ0) is 13.7. The molecule has 0 heterocycles. The molecule has 19 heavy (non-hydrogen) atoms. The second kappa shape index (κ2) is 6.38. The van der Waals surface area contributed by atoms with Gasteiger partial charge < -0.3 is 10.0 Å². The summed E-state index contributed by atoms with van der Waals surface area (Å²) in [6, 6.07) is 2.58. The molecule has 2 aliphatic rings. The van der Waals surface area contributed by atoms with Crippen LogP contribution in [-0.2, 0) is 4.79 Å². The second-order valence-corrected chi connectivity index (χ2v) is 5.92. The maximum absolute atomic E-state index is 12.8. The molecule has 1 N–H and O–H groups in total. The van der Waals surface area contributed by atoms with Crippen molar-refractivity contribution in [2.45, 2.75) is 63.8 Å². The zero-order valence-electron chi connectivity index (χ0n) is 11.6. The van der Waals surface area contributed by atoms with Crippen LogP contribution in [0.25, 0.3) is 0 Å². The lowest BCUT2D eigenvalue weighted by Gasteiger charge is -2.41. The van der Waals surface area contributed by atoms with Crippen molar-refractivity contribution in [1.82, 2.24) is 4.90 Å². The summed E-state index contributed by atoms with van der Waals surface area (Å²) < 4.78 is 0. The van der Waals surface area contributed by atoms with E-state index in [-0.39, 0.29) is 18.6 Å². The average molecular weight is 264 g/mol. The minimum Gasteiger partial charge on any atom is -0.395 e. The van der Waals surface area contributed by atoms with E-state index >= 15 is 0 Å². The summed E-state index contributed by atoms with van der Waals surface area (Å²) in [5.74, 6) is -0.0179. The molecule has 0 saturated heterocycles. The van der Waals surface area contributed by atoms with Gasteiger partial charge in [-0.25, -0.2) is 0 Å². The van der Waals surface area contributed by atoms with Crippen molar-refractivity contribution < 1.29 is 9.90 Å². The highest BCUT2D eigenvalue weighted by Gasteiger charge is 2.44. The largest absolute Gasteiger partial charge is 0.395 e. The minimum absolute atomic E-state index is 0.0102. The molecule has 0 bridgehead atoms. The number of nitriles is 1. The number of aliphatic hydroxyl groups is 1. The quantitative estimate of drug-likeness (QED) is 0.792. The van der Waals surface area contributed by atoms with E-state index in [0.717, 1.165) is 44.9 Å².